The van der Waals surface area contributed by atoms with Gasteiger partial charge in [-0.15, -0.1) is 0 Å². The van der Waals surface area contributed by atoms with Gasteiger partial charge in [0.15, 0.2) is 0 Å². The minimum Gasteiger partial charge on any atom is -0.273 e. The van der Waals surface area contributed by atoms with E-state index in [1.165, 1.54) is 37.6 Å². The van der Waals surface area contributed by atoms with Crippen LogP contribution in [0, 0.1) is 10.1 Å². The predicted octanol–water partition coefficient (Wildman–Crippen LogP) is 3.80. The van der Waals surface area contributed by atoms with Crippen molar-refractivity contribution in [2.45, 2.75) is 51.9 Å². The maximum atomic E-state index is 11.6. The average molecular weight is 305 g/mol. The molecule has 1 N–H and O–H groups in total. The largest absolute Gasteiger partial charge is 0.273 e. The van der Waals surface area contributed by atoms with Crippen LogP contribution in [0.25, 0.3) is 0 Å². The Balaban J connectivity index is 2.26. The molecule has 22 heavy (non-hydrogen) atoms. The van der Waals surface area contributed by atoms with Crippen molar-refractivity contribution >= 4 is 17.8 Å². The van der Waals surface area contributed by atoms with Crippen LogP contribution < -0.4 is 5.43 Å². The Kier molecular flexibility index (Phi) is 8.49. The number of rotatable bonds is 10. The molecule has 0 aliphatic carbocycles. The molecule has 0 aliphatic heterocycles. The second-order valence-electron chi connectivity index (χ2n) is 5.16. The van der Waals surface area contributed by atoms with E-state index in [1.807, 2.05) is 0 Å². The van der Waals surface area contributed by atoms with Crippen LogP contribution in [0.3, 0.4) is 0 Å². The van der Waals surface area contributed by atoms with E-state index in [0.29, 0.717) is 12.0 Å². The van der Waals surface area contributed by atoms with Crippen LogP contribution in [0.15, 0.2) is 29.4 Å². The summed E-state index contributed by atoms with van der Waals surface area (Å²) < 4.78 is 0. The summed E-state index contributed by atoms with van der Waals surface area (Å²) in [6.45, 7) is 2.17. The highest BCUT2D eigenvalue weighted by Crippen LogP contribution is 2.11. The molecule has 0 aromatic heterocycles. The zero-order chi connectivity index (χ0) is 16.2. The summed E-state index contributed by atoms with van der Waals surface area (Å²) in [6, 6.07) is 6.09. The SMILES string of the molecule is CCCCCCCCC(=O)NN=Cc1cccc([N+](=O)[O-])c1. The molecule has 1 aromatic rings. The third-order valence-corrected chi connectivity index (χ3v) is 3.24. The van der Waals surface area contributed by atoms with Crippen LogP contribution >= 0.6 is 0 Å². The van der Waals surface area contributed by atoms with E-state index < -0.39 is 4.92 Å². The van der Waals surface area contributed by atoms with Gasteiger partial charge in [-0.2, -0.15) is 5.10 Å². The number of benzene rings is 1. The van der Waals surface area contributed by atoms with E-state index in [0.717, 1.165) is 19.3 Å². The molecule has 6 heteroatoms. The molecular formula is C16H23N3O3. The van der Waals surface area contributed by atoms with E-state index in [-0.39, 0.29) is 11.6 Å². The fraction of sp³-hybridized carbons (Fsp3) is 0.500. The number of carbonyl (C=O) groups excluding carboxylic acids is 1. The molecule has 0 spiro atoms. The van der Waals surface area contributed by atoms with Gasteiger partial charge in [-0.05, 0) is 6.42 Å². The fourth-order valence-corrected chi connectivity index (χ4v) is 2.02. The molecule has 1 aromatic carbocycles. The normalized spacial score (nSPS) is 10.8. The Labute approximate surface area is 130 Å². The van der Waals surface area contributed by atoms with E-state index in [9.17, 15) is 14.9 Å². The average Bonchev–Trinajstić information content (AvgIpc) is 2.51. The van der Waals surface area contributed by atoms with Gasteiger partial charge >= 0.3 is 0 Å². The number of amides is 1. The summed E-state index contributed by atoms with van der Waals surface area (Å²) in [5.41, 5.74) is 3.02. The van der Waals surface area contributed by atoms with Gasteiger partial charge in [0.05, 0.1) is 11.1 Å². The number of nitro benzene ring substituents is 1. The molecule has 1 rings (SSSR count). The predicted molar refractivity (Wildman–Crippen MR) is 86.8 cm³/mol. The first kappa shape index (κ1) is 17.8. The van der Waals surface area contributed by atoms with E-state index in [2.05, 4.69) is 17.5 Å². The summed E-state index contributed by atoms with van der Waals surface area (Å²) in [7, 11) is 0. The zero-order valence-corrected chi connectivity index (χ0v) is 13.0. The highest BCUT2D eigenvalue weighted by atomic mass is 16.6. The quantitative estimate of drug-likeness (QED) is 0.309. The van der Waals surface area contributed by atoms with Crippen LogP contribution in [0.1, 0.15) is 57.4 Å². The van der Waals surface area contributed by atoms with Crippen molar-refractivity contribution in [3.8, 4) is 0 Å². The molecule has 120 valence electrons. The summed E-state index contributed by atoms with van der Waals surface area (Å²) in [4.78, 5) is 21.7. The number of hydrogen-bond acceptors (Lipinski definition) is 4. The zero-order valence-electron chi connectivity index (χ0n) is 13.0. The van der Waals surface area contributed by atoms with Gasteiger partial charge in [-0.3, -0.25) is 14.9 Å². The maximum absolute atomic E-state index is 11.6. The Hall–Kier alpha value is -2.24. The first-order valence-corrected chi connectivity index (χ1v) is 7.70. The second-order valence-corrected chi connectivity index (χ2v) is 5.16. The third kappa shape index (κ3) is 7.52. The lowest BCUT2D eigenvalue weighted by Crippen LogP contribution is -2.16. The number of carbonyl (C=O) groups is 1. The lowest BCUT2D eigenvalue weighted by atomic mass is 10.1. The van der Waals surface area contributed by atoms with Gasteiger partial charge in [0.25, 0.3) is 5.69 Å². The van der Waals surface area contributed by atoms with Crippen molar-refractivity contribution in [3.63, 3.8) is 0 Å². The van der Waals surface area contributed by atoms with Gasteiger partial charge in [-0.1, -0.05) is 51.2 Å². The molecule has 0 saturated carbocycles. The van der Waals surface area contributed by atoms with E-state index >= 15 is 0 Å². The van der Waals surface area contributed by atoms with Crippen LogP contribution in [0.5, 0.6) is 0 Å². The minimum absolute atomic E-state index is 0.00218. The van der Waals surface area contributed by atoms with E-state index in [4.69, 9.17) is 0 Å². The molecule has 0 bridgehead atoms. The highest BCUT2D eigenvalue weighted by Gasteiger charge is 2.04. The van der Waals surface area contributed by atoms with Gasteiger partial charge in [-0.25, -0.2) is 5.43 Å². The number of hydrazone groups is 1. The monoisotopic (exact) mass is 305 g/mol. The number of nitrogens with zero attached hydrogens (tertiary/aromatic N) is 2. The van der Waals surface area contributed by atoms with Gasteiger partial charge < -0.3 is 0 Å². The van der Waals surface area contributed by atoms with Crippen molar-refractivity contribution in [2.24, 2.45) is 5.10 Å². The second kappa shape index (κ2) is 10.5. The Bertz CT molecular complexity index is 515. The first-order chi connectivity index (χ1) is 10.6. The Morgan fingerprint density at radius 2 is 2.00 bits per heavy atom. The van der Waals surface area contributed by atoms with E-state index in [1.54, 1.807) is 12.1 Å². The van der Waals surface area contributed by atoms with Crippen LogP contribution in [0.4, 0.5) is 5.69 Å². The molecule has 0 saturated heterocycles. The smallest absolute Gasteiger partial charge is 0.270 e. The lowest BCUT2D eigenvalue weighted by molar-refractivity contribution is -0.384. The molecule has 0 radical (unpaired) electrons. The maximum Gasteiger partial charge on any atom is 0.270 e. The van der Waals surface area contributed by atoms with Gasteiger partial charge in [0.2, 0.25) is 5.91 Å². The standard InChI is InChI=1S/C16H23N3O3/c1-2-3-4-5-6-7-11-16(20)18-17-13-14-9-8-10-15(12-14)19(21)22/h8-10,12-13H,2-7,11H2,1H3,(H,18,20). The summed E-state index contributed by atoms with van der Waals surface area (Å²) in [5, 5.41) is 14.5. The topological polar surface area (TPSA) is 84.6 Å². The van der Waals surface area contributed by atoms with Gasteiger partial charge in [0.1, 0.15) is 0 Å². The third-order valence-electron chi connectivity index (χ3n) is 3.24. The lowest BCUT2D eigenvalue weighted by Gasteiger charge is -2.00. The van der Waals surface area contributed by atoms with Gasteiger partial charge in [0, 0.05) is 24.1 Å². The molecule has 0 fully saturated rings. The summed E-state index contributed by atoms with van der Waals surface area (Å²) >= 11 is 0. The number of non-ortho nitro benzene ring substituents is 1. The van der Waals surface area contributed by atoms with Crippen LogP contribution in [-0.4, -0.2) is 17.0 Å². The van der Waals surface area contributed by atoms with Crippen molar-refractivity contribution in [1.82, 2.24) is 5.43 Å². The van der Waals surface area contributed by atoms with Crippen molar-refractivity contribution in [2.75, 3.05) is 0 Å². The number of unbranched alkanes of at least 4 members (excludes halogenated alkanes) is 5. The molecule has 1 amide bonds. The van der Waals surface area contributed by atoms with Crippen molar-refractivity contribution in [1.29, 1.82) is 0 Å². The van der Waals surface area contributed by atoms with Crippen LogP contribution in [-0.2, 0) is 4.79 Å². The van der Waals surface area contributed by atoms with Crippen molar-refractivity contribution < 1.29 is 9.72 Å². The molecule has 6 nitrogen and oxygen atoms in total. The summed E-state index contributed by atoms with van der Waals surface area (Å²) in [6.07, 6.45) is 8.64. The fourth-order valence-electron chi connectivity index (χ4n) is 2.02. The Morgan fingerprint density at radius 1 is 1.27 bits per heavy atom. The van der Waals surface area contributed by atoms with Crippen molar-refractivity contribution in [3.05, 3.63) is 39.9 Å². The Morgan fingerprint density at radius 3 is 2.73 bits per heavy atom. The number of nitro groups is 1. The first-order valence-electron chi connectivity index (χ1n) is 7.70. The number of hydrogen-bond donors (Lipinski definition) is 1. The van der Waals surface area contributed by atoms with Crippen LogP contribution in [0.2, 0.25) is 0 Å². The summed E-state index contributed by atoms with van der Waals surface area (Å²) in [5.74, 6) is -0.128. The molecule has 0 heterocycles. The minimum atomic E-state index is -0.464. The molecule has 0 atom stereocenters. The highest BCUT2D eigenvalue weighted by molar-refractivity contribution is 5.83. The number of nitrogens with one attached hydrogen (secondary N) is 1. The molecule has 0 aliphatic rings. The molecular weight excluding hydrogens is 282 g/mol. The molecule has 0 unspecified atom stereocenters.